The number of para-hydroxylation sites is 1. The molecule has 0 radical (unpaired) electrons. The molecule has 0 unspecified atom stereocenters. The van der Waals surface area contributed by atoms with Crippen LogP contribution in [0.25, 0.3) is 11.3 Å². The molecular formula is C20H20N4S. The van der Waals surface area contributed by atoms with Gasteiger partial charge >= 0.3 is 0 Å². The Kier molecular flexibility index (Phi) is 4.57. The van der Waals surface area contributed by atoms with Gasteiger partial charge in [-0.25, -0.2) is 4.98 Å². The number of anilines is 3. The van der Waals surface area contributed by atoms with E-state index in [4.69, 9.17) is 4.98 Å². The van der Waals surface area contributed by atoms with Crippen LogP contribution in [-0.2, 0) is 0 Å². The Balaban J connectivity index is 1.70. The van der Waals surface area contributed by atoms with Crippen molar-refractivity contribution in [3.8, 4) is 11.3 Å². The highest BCUT2D eigenvalue weighted by Crippen LogP contribution is 2.30. The summed E-state index contributed by atoms with van der Waals surface area (Å²) in [5, 5.41) is 6.87. The quantitative estimate of drug-likeness (QED) is 0.601. The Morgan fingerprint density at radius 3 is 2.48 bits per heavy atom. The highest BCUT2D eigenvalue weighted by Gasteiger charge is 2.22. The van der Waals surface area contributed by atoms with Gasteiger partial charge in [0.25, 0.3) is 0 Å². The molecule has 1 fully saturated rings. The Hall–Kier alpha value is -2.53. The monoisotopic (exact) mass is 348 g/mol. The molecule has 1 aliphatic carbocycles. The SMILES string of the molecule is CSc1ccccc1Nc1cc(-c2ccccc2)nc(NC2CC2)n1. The number of thioether (sulfide) groups is 1. The van der Waals surface area contributed by atoms with Gasteiger partial charge in [-0.1, -0.05) is 42.5 Å². The summed E-state index contributed by atoms with van der Waals surface area (Å²) < 4.78 is 0. The van der Waals surface area contributed by atoms with E-state index in [9.17, 15) is 0 Å². The van der Waals surface area contributed by atoms with Gasteiger partial charge in [-0.05, 0) is 31.2 Å². The minimum Gasteiger partial charge on any atom is -0.351 e. The molecule has 25 heavy (non-hydrogen) atoms. The first kappa shape index (κ1) is 16.0. The van der Waals surface area contributed by atoms with Crippen LogP contribution < -0.4 is 10.6 Å². The lowest BCUT2D eigenvalue weighted by atomic mass is 10.1. The zero-order valence-corrected chi connectivity index (χ0v) is 14.9. The molecule has 0 aliphatic heterocycles. The number of hydrogen-bond acceptors (Lipinski definition) is 5. The van der Waals surface area contributed by atoms with Crippen molar-refractivity contribution in [1.29, 1.82) is 0 Å². The van der Waals surface area contributed by atoms with Crippen LogP contribution in [0, 0.1) is 0 Å². The highest BCUT2D eigenvalue weighted by atomic mass is 32.2. The van der Waals surface area contributed by atoms with Crippen molar-refractivity contribution in [1.82, 2.24) is 9.97 Å². The van der Waals surface area contributed by atoms with E-state index in [0.29, 0.717) is 12.0 Å². The summed E-state index contributed by atoms with van der Waals surface area (Å²) in [5.41, 5.74) is 3.07. The van der Waals surface area contributed by atoms with Gasteiger partial charge in [0.1, 0.15) is 5.82 Å². The maximum Gasteiger partial charge on any atom is 0.225 e. The fourth-order valence-electron chi connectivity index (χ4n) is 2.63. The van der Waals surface area contributed by atoms with Gasteiger partial charge in [0.2, 0.25) is 5.95 Å². The van der Waals surface area contributed by atoms with E-state index in [1.807, 2.05) is 36.4 Å². The van der Waals surface area contributed by atoms with E-state index in [1.54, 1.807) is 11.8 Å². The van der Waals surface area contributed by atoms with Crippen LogP contribution in [0.2, 0.25) is 0 Å². The van der Waals surface area contributed by atoms with Crippen molar-refractivity contribution in [3.05, 3.63) is 60.7 Å². The maximum absolute atomic E-state index is 4.70. The van der Waals surface area contributed by atoms with Crippen molar-refractivity contribution in [2.45, 2.75) is 23.8 Å². The topological polar surface area (TPSA) is 49.8 Å². The first-order chi connectivity index (χ1) is 12.3. The van der Waals surface area contributed by atoms with Crippen LogP contribution in [0.5, 0.6) is 0 Å². The van der Waals surface area contributed by atoms with E-state index in [0.717, 1.165) is 22.8 Å². The zero-order chi connectivity index (χ0) is 17.1. The van der Waals surface area contributed by atoms with E-state index >= 15 is 0 Å². The Morgan fingerprint density at radius 1 is 0.960 bits per heavy atom. The lowest BCUT2D eigenvalue weighted by molar-refractivity contribution is 1.06. The number of nitrogens with zero attached hydrogens (tertiary/aromatic N) is 2. The van der Waals surface area contributed by atoms with Gasteiger partial charge in [-0.15, -0.1) is 11.8 Å². The number of aromatic nitrogens is 2. The maximum atomic E-state index is 4.70. The molecule has 4 rings (SSSR count). The summed E-state index contributed by atoms with van der Waals surface area (Å²) in [6, 6.07) is 21.0. The van der Waals surface area contributed by atoms with Crippen LogP contribution in [-0.4, -0.2) is 22.3 Å². The average Bonchev–Trinajstić information content (AvgIpc) is 3.47. The molecule has 0 saturated heterocycles. The van der Waals surface area contributed by atoms with E-state index in [2.05, 4.69) is 46.1 Å². The summed E-state index contributed by atoms with van der Waals surface area (Å²) in [4.78, 5) is 10.6. The Morgan fingerprint density at radius 2 is 1.72 bits per heavy atom. The molecule has 1 saturated carbocycles. The van der Waals surface area contributed by atoms with Crippen molar-refractivity contribution < 1.29 is 0 Å². The summed E-state index contributed by atoms with van der Waals surface area (Å²) in [5.74, 6) is 1.49. The predicted octanol–water partition coefficient (Wildman–Crippen LogP) is 5.18. The van der Waals surface area contributed by atoms with E-state index in [1.165, 1.54) is 17.7 Å². The van der Waals surface area contributed by atoms with Crippen LogP contribution in [0.3, 0.4) is 0 Å². The average molecular weight is 348 g/mol. The molecule has 3 aromatic rings. The molecule has 126 valence electrons. The molecule has 1 aromatic heterocycles. The summed E-state index contributed by atoms with van der Waals surface area (Å²) in [7, 11) is 0. The van der Waals surface area contributed by atoms with Gasteiger partial charge in [0.05, 0.1) is 11.4 Å². The molecule has 1 aliphatic rings. The van der Waals surface area contributed by atoms with Crippen LogP contribution in [0.15, 0.2) is 65.6 Å². The van der Waals surface area contributed by atoms with Crippen molar-refractivity contribution >= 4 is 29.2 Å². The summed E-state index contributed by atoms with van der Waals surface area (Å²) in [6.07, 6.45) is 4.46. The molecular weight excluding hydrogens is 328 g/mol. The third kappa shape index (κ3) is 3.94. The first-order valence-electron chi connectivity index (χ1n) is 8.43. The number of benzene rings is 2. The molecule has 5 heteroatoms. The highest BCUT2D eigenvalue weighted by molar-refractivity contribution is 7.98. The molecule has 2 aromatic carbocycles. The predicted molar refractivity (Wildman–Crippen MR) is 106 cm³/mol. The van der Waals surface area contributed by atoms with Gasteiger partial charge in [0, 0.05) is 22.6 Å². The standard InChI is InChI=1S/C20H20N4S/c1-25-18-10-6-5-9-16(18)22-19-13-17(14-7-3-2-4-8-14)23-20(24-19)21-15-11-12-15/h2-10,13,15H,11-12H2,1H3,(H2,21,22,23,24). The largest absolute Gasteiger partial charge is 0.351 e. The summed E-state index contributed by atoms with van der Waals surface area (Å²) in [6.45, 7) is 0. The van der Waals surface area contributed by atoms with Gasteiger partial charge in [0.15, 0.2) is 0 Å². The first-order valence-corrected chi connectivity index (χ1v) is 9.65. The molecule has 4 nitrogen and oxygen atoms in total. The normalized spacial score (nSPS) is 13.5. The second kappa shape index (κ2) is 7.15. The number of rotatable bonds is 6. The Labute approximate surface area is 152 Å². The molecule has 0 amide bonds. The third-order valence-electron chi connectivity index (χ3n) is 4.08. The van der Waals surface area contributed by atoms with Crippen LogP contribution >= 0.6 is 11.8 Å². The molecule has 2 N–H and O–H groups in total. The fourth-order valence-corrected chi connectivity index (χ4v) is 3.18. The molecule has 0 spiro atoms. The van der Waals surface area contributed by atoms with Crippen molar-refractivity contribution in [2.24, 2.45) is 0 Å². The lowest BCUT2D eigenvalue weighted by Crippen LogP contribution is -2.08. The smallest absolute Gasteiger partial charge is 0.225 e. The lowest BCUT2D eigenvalue weighted by Gasteiger charge is -2.13. The van der Waals surface area contributed by atoms with Gasteiger partial charge < -0.3 is 10.6 Å². The second-order valence-corrected chi connectivity index (χ2v) is 6.92. The van der Waals surface area contributed by atoms with Crippen molar-refractivity contribution in [3.63, 3.8) is 0 Å². The van der Waals surface area contributed by atoms with Crippen molar-refractivity contribution in [2.75, 3.05) is 16.9 Å². The van der Waals surface area contributed by atoms with Gasteiger partial charge in [-0.3, -0.25) is 0 Å². The fraction of sp³-hybridized carbons (Fsp3) is 0.200. The molecule has 1 heterocycles. The molecule has 0 atom stereocenters. The third-order valence-corrected chi connectivity index (χ3v) is 4.87. The van der Waals surface area contributed by atoms with E-state index in [-0.39, 0.29) is 0 Å². The van der Waals surface area contributed by atoms with Crippen LogP contribution in [0.1, 0.15) is 12.8 Å². The Bertz CT molecular complexity index is 863. The zero-order valence-electron chi connectivity index (χ0n) is 14.1. The summed E-state index contributed by atoms with van der Waals surface area (Å²) >= 11 is 1.72. The second-order valence-electron chi connectivity index (χ2n) is 6.07. The van der Waals surface area contributed by atoms with Crippen LogP contribution in [0.4, 0.5) is 17.5 Å². The number of nitrogens with one attached hydrogen (secondary N) is 2. The van der Waals surface area contributed by atoms with Gasteiger partial charge in [-0.2, -0.15) is 4.98 Å². The molecule has 0 bridgehead atoms. The minimum absolute atomic E-state index is 0.511. The number of hydrogen-bond donors (Lipinski definition) is 2. The van der Waals surface area contributed by atoms with E-state index < -0.39 is 0 Å². The minimum atomic E-state index is 0.511.